The summed E-state index contributed by atoms with van der Waals surface area (Å²) in [7, 11) is 0. The van der Waals surface area contributed by atoms with Crippen molar-refractivity contribution in [3.05, 3.63) is 23.2 Å². The number of hydrogen-bond acceptors (Lipinski definition) is 1. The van der Waals surface area contributed by atoms with Gasteiger partial charge in [-0.15, -0.1) is 0 Å². The molecule has 0 aliphatic heterocycles. The van der Waals surface area contributed by atoms with Crippen LogP contribution in [0.5, 0.6) is 0 Å². The van der Waals surface area contributed by atoms with E-state index in [0.717, 1.165) is 0 Å². The van der Waals surface area contributed by atoms with Crippen LogP contribution in [0.15, 0.2) is 23.2 Å². The molecule has 0 radical (unpaired) electrons. The van der Waals surface area contributed by atoms with Crippen LogP contribution in [0.3, 0.4) is 0 Å². The molecule has 0 saturated heterocycles. The van der Waals surface area contributed by atoms with Crippen molar-refractivity contribution in [3.8, 4) is 0 Å². The molecule has 1 aliphatic rings. The zero-order valence-electron chi connectivity index (χ0n) is 6.44. The van der Waals surface area contributed by atoms with E-state index in [1.54, 1.807) is 13.0 Å². The highest BCUT2D eigenvalue weighted by atomic mass is 127. The van der Waals surface area contributed by atoms with Gasteiger partial charge in [0.05, 0.1) is 0 Å². The number of rotatable bonds is 0. The van der Waals surface area contributed by atoms with Gasteiger partial charge in [-0.3, -0.25) is 0 Å². The zero-order chi connectivity index (χ0) is 8.59. The summed E-state index contributed by atoms with van der Waals surface area (Å²) in [6, 6.07) is 0. The summed E-state index contributed by atoms with van der Waals surface area (Å²) in [5.74, 6) is -0.444. The SMILES string of the molecule is CC1=C(F)C(O)=CC(C)C1I. The number of allylic oxidation sites excluding steroid dienone is 3. The Balaban J connectivity index is 3.02. The van der Waals surface area contributed by atoms with E-state index in [2.05, 4.69) is 22.6 Å². The van der Waals surface area contributed by atoms with Gasteiger partial charge in [0.1, 0.15) is 5.76 Å². The Morgan fingerprint density at radius 2 is 2.18 bits per heavy atom. The molecule has 0 aromatic carbocycles. The Bertz CT molecular complexity index is 232. The third-order valence-corrected chi connectivity index (χ3v) is 3.94. The predicted octanol–water partition coefficient (Wildman–Crippen LogP) is 3.13. The van der Waals surface area contributed by atoms with Gasteiger partial charge in [-0.05, 0) is 24.5 Å². The van der Waals surface area contributed by atoms with Gasteiger partial charge < -0.3 is 5.11 Å². The molecular formula is C8H10FIO. The van der Waals surface area contributed by atoms with Crippen molar-refractivity contribution in [2.45, 2.75) is 17.8 Å². The van der Waals surface area contributed by atoms with Crippen molar-refractivity contribution in [1.29, 1.82) is 0 Å². The third-order valence-electron chi connectivity index (χ3n) is 1.87. The van der Waals surface area contributed by atoms with Gasteiger partial charge in [-0.2, -0.15) is 0 Å². The second-order valence-corrected chi connectivity index (χ2v) is 4.15. The van der Waals surface area contributed by atoms with Crippen LogP contribution in [0, 0.1) is 5.92 Å². The summed E-state index contributed by atoms with van der Waals surface area (Å²) in [4.78, 5) is 0. The number of aliphatic hydroxyl groups is 1. The van der Waals surface area contributed by atoms with Gasteiger partial charge in [0.15, 0.2) is 5.83 Å². The van der Waals surface area contributed by atoms with Gasteiger partial charge in [-0.25, -0.2) is 4.39 Å². The molecule has 0 bridgehead atoms. The van der Waals surface area contributed by atoms with Gasteiger partial charge >= 0.3 is 0 Å². The zero-order valence-corrected chi connectivity index (χ0v) is 8.59. The molecule has 3 heteroatoms. The minimum Gasteiger partial charge on any atom is -0.505 e. The minimum atomic E-state index is -0.456. The van der Waals surface area contributed by atoms with Crippen molar-refractivity contribution in [3.63, 3.8) is 0 Å². The van der Waals surface area contributed by atoms with Gasteiger partial charge in [-0.1, -0.05) is 29.5 Å². The van der Waals surface area contributed by atoms with E-state index in [1.807, 2.05) is 6.92 Å². The summed E-state index contributed by atoms with van der Waals surface area (Å²) in [6.45, 7) is 3.68. The predicted molar refractivity (Wildman–Crippen MR) is 51.5 cm³/mol. The van der Waals surface area contributed by atoms with Gasteiger partial charge in [0.25, 0.3) is 0 Å². The summed E-state index contributed by atoms with van der Waals surface area (Å²) in [5, 5.41) is 9.06. The number of aliphatic hydroxyl groups excluding tert-OH is 1. The fraction of sp³-hybridized carbons (Fsp3) is 0.500. The quantitative estimate of drug-likeness (QED) is 0.528. The standard InChI is InChI=1S/C8H10FIO/c1-4-3-6(11)7(9)5(2)8(4)10/h3-4,8,11H,1-2H3. The van der Waals surface area contributed by atoms with Crippen LogP contribution in [0.4, 0.5) is 4.39 Å². The highest BCUT2D eigenvalue weighted by molar-refractivity contribution is 14.1. The van der Waals surface area contributed by atoms with E-state index in [4.69, 9.17) is 5.11 Å². The van der Waals surface area contributed by atoms with Gasteiger partial charge in [0.2, 0.25) is 0 Å². The normalized spacial score (nSPS) is 32.2. The van der Waals surface area contributed by atoms with Crippen LogP contribution < -0.4 is 0 Å². The molecule has 1 N–H and O–H groups in total. The Morgan fingerprint density at radius 3 is 2.73 bits per heavy atom. The molecule has 1 nitrogen and oxygen atoms in total. The first-order valence-electron chi connectivity index (χ1n) is 3.45. The second-order valence-electron chi connectivity index (χ2n) is 2.81. The van der Waals surface area contributed by atoms with E-state index < -0.39 is 5.83 Å². The average Bonchev–Trinajstić information content (AvgIpc) is 1.97. The van der Waals surface area contributed by atoms with E-state index in [-0.39, 0.29) is 15.6 Å². The van der Waals surface area contributed by atoms with Crippen molar-refractivity contribution in [2.75, 3.05) is 0 Å². The number of halogens is 2. The highest BCUT2D eigenvalue weighted by Gasteiger charge is 2.24. The van der Waals surface area contributed by atoms with Crippen LogP contribution in [0.2, 0.25) is 0 Å². The Hall–Kier alpha value is -0.0600. The lowest BCUT2D eigenvalue weighted by Crippen LogP contribution is -2.16. The molecule has 0 heterocycles. The largest absolute Gasteiger partial charge is 0.505 e. The van der Waals surface area contributed by atoms with E-state index in [1.165, 1.54) is 0 Å². The van der Waals surface area contributed by atoms with E-state index >= 15 is 0 Å². The maximum atomic E-state index is 13.0. The summed E-state index contributed by atoms with van der Waals surface area (Å²) >= 11 is 2.18. The fourth-order valence-corrected chi connectivity index (χ4v) is 1.61. The molecule has 0 aromatic heterocycles. The van der Waals surface area contributed by atoms with Crippen LogP contribution in [-0.2, 0) is 0 Å². The second kappa shape index (κ2) is 3.13. The van der Waals surface area contributed by atoms with Crippen molar-refractivity contribution < 1.29 is 9.50 Å². The molecule has 0 spiro atoms. The summed E-state index contributed by atoms with van der Waals surface area (Å²) in [6.07, 6.45) is 1.56. The van der Waals surface area contributed by atoms with Crippen LogP contribution in [0.25, 0.3) is 0 Å². The monoisotopic (exact) mass is 268 g/mol. The first kappa shape index (κ1) is 9.03. The summed E-state index contributed by atoms with van der Waals surface area (Å²) in [5.41, 5.74) is 0.637. The maximum absolute atomic E-state index is 13.0. The molecular weight excluding hydrogens is 258 g/mol. The first-order chi connectivity index (χ1) is 5.04. The molecule has 11 heavy (non-hydrogen) atoms. The molecule has 2 unspecified atom stereocenters. The lowest BCUT2D eigenvalue weighted by molar-refractivity contribution is 0.372. The van der Waals surface area contributed by atoms with Crippen LogP contribution in [-0.4, -0.2) is 9.03 Å². The van der Waals surface area contributed by atoms with E-state index in [0.29, 0.717) is 5.57 Å². The molecule has 2 atom stereocenters. The Labute approximate surface area is 79.1 Å². The molecule has 0 fully saturated rings. The number of hydrogen-bond donors (Lipinski definition) is 1. The van der Waals surface area contributed by atoms with Crippen molar-refractivity contribution >= 4 is 22.6 Å². The molecule has 62 valence electrons. The maximum Gasteiger partial charge on any atom is 0.164 e. The Kier molecular flexibility index (Phi) is 2.57. The van der Waals surface area contributed by atoms with E-state index in [9.17, 15) is 4.39 Å². The molecule has 0 amide bonds. The topological polar surface area (TPSA) is 20.2 Å². The first-order valence-corrected chi connectivity index (χ1v) is 4.70. The van der Waals surface area contributed by atoms with Crippen molar-refractivity contribution in [1.82, 2.24) is 0 Å². The van der Waals surface area contributed by atoms with Crippen LogP contribution in [0.1, 0.15) is 13.8 Å². The fourth-order valence-electron chi connectivity index (χ4n) is 1.12. The lowest BCUT2D eigenvalue weighted by Gasteiger charge is -2.21. The average molecular weight is 268 g/mol. The molecule has 0 saturated carbocycles. The highest BCUT2D eigenvalue weighted by Crippen LogP contribution is 2.33. The minimum absolute atomic E-state index is 0.170. The molecule has 1 rings (SSSR count). The molecule has 0 aromatic rings. The van der Waals surface area contributed by atoms with Crippen molar-refractivity contribution in [2.24, 2.45) is 5.92 Å². The lowest BCUT2D eigenvalue weighted by atomic mass is 9.95. The third kappa shape index (κ3) is 1.58. The Morgan fingerprint density at radius 1 is 1.64 bits per heavy atom. The smallest absolute Gasteiger partial charge is 0.164 e. The van der Waals surface area contributed by atoms with Crippen LogP contribution >= 0.6 is 22.6 Å². The van der Waals surface area contributed by atoms with Gasteiger partial charge in [0, 0.05) is 3.92 Å². The number of alkyl halides is 1. The summed E-state index contributed by atoms with van der Waals surface area (Å²) < 4.78 is 13.1. The molecule has 1 aliphatic carbocycles.